The first kappa shape index (κ1) is 19.3. The second-order valence-electron chi connectivity index (χ2n) is 5.36. The molecule has 2 aromatic rings. The second kappa shape index (κ2) is 8.41. The van der Waals surface area contributed by atoms with E-state index in [-0.39, 0.29) is 18.0 Å². The Morgan fingerprint density at radius 1 is 1.19 bits per heavy atom. The number of amides is 2. The Morgan fingerprint density at radius 3 is 2.42 bits per heavy atom. The molecule has 9 nitrogen and oxygen atoms in total. The standard InChI is InChI=1S/C16H18N4O5S/c1-17-16(22)14(19-15(21)12-3-2-8-18-10-12)9-11-4-6-13(7-5-11)20-26(23,24)25/h2-8,10,14,20H,9H2,1H3,(H,17,22)(H,19,21)(H,23,24,25)/t14-/m0/s1. The number of anilines is 1. The molecule has 1 aromatic carbocycles. The minimum atomic E-state index is -4.35. The number of carbonyl (C=O) groups excluding carboxylic acids is 2. The molecule has 4 N–H and O–H groups in total. The molecule has 10 heteroatoms. The molecule has 0 spiro atoms. The van der Waals surface area contributed by atoms with Crippen LogP contribution in [0.25, 0.3) is 0 Å². The Hall–Kier alpha value is -2.98. The van der Waals surface area contributed by atoms with Crippen LogP contribution in [0, 0.1) is 0 Å². The normalized spacial score (nSPS) is 12.1. The van der Waals surface area contributed by atoms with E-state index in [2.05, 4.69) is 15.6 Å². The second-order valence-corrected chi connectivity index (χ2v) is 6.51. The van der Waals surface area contributed by atoms with Crippen molar-refractivity contribution in [3.05, 3.63) is 59.9 Å². The number of pyridine rings is 1. The lowest BCUT2D eigenvalue weighted by atomic mass is 10.0. The average molecular weight is 378 g/mol. The predicted octanol–water partition coefficient (Wildman–Crippen LogP) is 0.383. The molecular weight excluding hydrogens is 360 g/mol. The van der Waals surface area contributed by atoms with Crippen LogP contribution in [0.2, 0.25) is 0 Å². The quantitative estimate of drug-likeness (QED) is 0.514. The fourth-order valence-corrected chi connectivity index (χ4v) is 2.65. The molecule has 0 bridgehead atoms. The van der Waals surface area contributed by atoms with Gasteiger partial charge in [0.15, 0.2) is 0 Å². The minimum Gasteiger partial charge on any atom is -0.357 e. The number of rotatable bonds is 7. The highest BCUT2D eigenvalue weighted by Gasteiger charge is 2.21. The first-order valence-corrected chi connectivity index (χ1v) is 8.99. The number of hydrogen-bond acceptors (Lipinski definition) is 5. The van der Waals surface area contributed by atoms with Gasteiger partial charge in [0.25, 0.3) is 5.91 Å². The third kappa shape index (κ3) is 5.83. The number of hydrogen-bond donors (Lipinski definition) is 4. The van der Waals surface area contributed by atoms with Gasteiger partial charge in [-0.3, -0.25) is 23.8 Å². The molecule has 2 rings (SSSR count). The maximum Gasteiger partial charge on any atom is 0.357 e. The number of benzene rings is 1. The molecule has 0 saturated carbocycles. The zero-order chi connectivity index (χ0) is 19.2. The summed E-state index contributed by atoms with van der Waals surface area (Å²) >= 11 is 0. The zero-order valence-electron chi connectivity index (χ0n) is 13.8. The Balaban J connectivity index is 2.10. The van der Waals surface area contributed by atoms with Crippen molar-refractivity contribution in [1.82, 2.24) is 15.6 Å². The number of nitrogens with zero attached hydrogens (tertiary/aromatic N) is 1. The van der Waals surface area contributed by atoms with Crippen molar-refractivity contribution < 1.29 is 22.6 Å². The fourth-order valence-electron chi connectivity index (χ4n) is 2.22. The summed E-state index contributed by atoms with van der Waals surface area (Å²) in [6.07, 6.45) is 3.12. The molecule has 0 aliphatic carbocycles. The molecule has 0 fully saturated rings. The molecule has 1 aromatic heterocycles. The molecule has 0 aliphatic rings. The van der Waals surface area contributed by atoms with Crippen molar-refractivity contribution in [3.8, 4) is 0 Å². The molecular formula is C16H18N4O5S. The topological polar surface area (TPSA) is 137 Å². The lowest BCUT2D eigenvalue weighted by Crippen LogP contribution is -2.47. The van der Waals surface area contributed by atoms with Crippen LogP contribution in [0.3, 0.4) is 0 Å². The predicted molar refractivity (Wildman–Crippen MR) is 94.9 cm³/mol. The highest BCUT2D eigenvalue weighted by Crippen LogP contribution is 2.12. The van der Waals surface area contributed by atoms with Gasteiger partial charge in [-0.15, -0.1) is 0 Å². The van der Waals surface area contributed by atoms with Gasteiger partial charge in [0.05, 0.1) is 11.3 Å². The highest BCUT2D eigenvalue weighted by atomic mass is 32.2. The molecule has 26 heavy (non-hydrogen) atoms. The number of aromatic nitrogens is 1. The summed E-state index contributed by atoms with van der Waals surface area (Å²) in [6, 6.07) is 8.41. The van der Waals surface area contributed by atoms with Crippen molar-refractivity contribution >= 4 is 27.8 Å². The average Bonchev–Trinajstić information content (AvgIpc) is 2.61. The number of likely N-dealkylation sites (N-methyl/N-ethyl adjacent to an activating group) is 1. The van der Waals surface area contributed by atoms with Gasteiger partial charge < -0.3 is 10.6 Å². The van der Waals surface area contributed by atoms with Crippen LogP contribution in [0.5, 0.6) is 0 Å². The van der Waals surface area contributed by atoms with Crippen LogP contribution in [-0.4, -0.2) is 42.9 Å². The molecule has 0 unspecified atom stereocenters. The van der Waals surface area contributed by atoms with E-state index >= 15 is 0 Å². The van der Waals surface area contributed by atoms with Crippen LogP contribution in [0.4, 0.5) is 5.69 Å². The molecule has 0 aliphatic heterocycles. The van der Waals surface area contributed by atoms with Crippen molar-refractivity contribution in [3.63, 3.8) is 0 Å². The van der Waals surface area contributed by atoms with Gasteiger partial charge in [0.1, 0.15) is 6.04 Å². The monoisotopic (exact) mass is 378 g/mol. The lowest BCUT2D eigenvalue weighted by molar-refractivity contribution is -0.122. The van der Waals surface area contributed by atoms with Gasteiger partial charge in [0, 0.05) is 25.9 Å². The Kier molecular flexibility index (Phi) is 6.26. The van der Waals surface area contributed by atoms with E-state index in [0.717, 1.165) is 0 Å². The summed E-state index contributed by atoms with van der Waals surface area (Å²) in [6.45, 7) is 0. The third-order valence-electron chi connectivity index (χ3n) is 3.43. The van der Waals surface area contributed by atoms with E-state index in [1.54, 1.807) is 24.3 Å². The Bertz CT molecular complexity index is 869. The molecule has 1 atom stereocenters. The zero-order valence-corrected chi connectivity index (χ0v) is 14.7. The smallest absolute Gasteiger partial charge is 0.357 e. The molecule has 0 radical (unpaired) electrons. The van der Waals surface area contributed by atoms with Crippen molar-refractivity contribution in [2.45, 2.75) is 12.5 Å². The van der Waals surface area contributed by atoms with Gasteiger partial charge in [0.2, 0.25) is 5.91 Å². The van der Waals surface area contributed by atoms with Crippen LogP contribution in [-0.2, 0) is 21.5 Å². The number of nitrogens with one attached hydrogen (secondary N) is 3. The summed E-state index contributed by atoms with van der Waals surface area (Å²) in [7, 11) is -2.89. The van der Waals surface area contributed by atoms with E-state index in [1.165, 1.54) is 31.6 Å². The summed E-state index contributed by atoms with van der Waals surface area (Å²) in [5.41, 5.74) is 1.19. The van der Waals surface area contributed by atoms with Crippen molar-refractivity contribution in [2.24, 2.45) is 0 Å². The Labute approximate surface area is 150 Å². The lowest BCUT2D eigenvalue weighted by Gasteiger charge is -2.17. The van der Waals surface area contributed by atoms with Crippen LogP contribution in [0.1, 0.15) is 15.9 Å². The summed E-state index contributed by atoms with van der Waals surface area (Å²) in [5, 5.41) is 5.13. The van der Waals surface area contributed by atoms with Gasteiger partial charge in [-0.1, -0.05) is 12.1 Å². The van der Waals surface area contributed by atoms with E-state index in [4.69, 9.17) is 4.55 Å². The van der Waals surface area contributed by atoms with Gasteiger partial charge in [-0.05, 0) is 29.8 Å². The summed E-state index contributed by atoms with van der Waals surface area (Å²) < 4.78 is 32.2. The van der Waals surface area contributed by atoms with Gasteiger partial charge in [-0.2, -0.15) is 8.42 Å². The molecule has 2 amide bonds. The van der Waals surface area contributed by atoms with Crippen LogP contribution < -0.4 is 15.4 Å². The Morgan fingerprint density at radius 2 is 1.88 bits per heavy atom. The first-order chi connectivity index (χ1) is 12.3. The van der Waals surface area contributed by atoms with Crippen molar-refractivity contribution in [1.29, 1.82) is 0 Å². The molecule has 1 heterocycles. The molecule has 0 saturated heterocycles. The van der Waals surface area contributed by atoms with Gasteiger partial charge >= 0.3 is 10.3 Å². The maximum absolute atomic E-state index is 12.2. The number of carbonyl (C=O) groups is 2. The fraction of sp³-hybridized carbons (Fsp3) is 0.188. The molecule has 138 valence electrons. The van der Waals surface area contributed by atoms with E-state index in [9.17, 15) is 18.0 Å². The van der Waals surface area contributed by atoms with E-state index in [1.807, 2.05) is 4.72 Å². The van der Waals surface area contributed by atoms with Gasteiger partial charge in [-0.25, -0.2) is 0 Å². The maximum atomic E-state index is 12.2. The summed E-state index contributed by atoms with van der Waals surface area (Å²) in [5.74, 6) is -0.807. The van der Waals surface area contributed by atoms with Crippen LogP contribution in [0.15, 0.2) is 48.8 Å². The SMILES string of the molecule is CNC(=O)[C@H](Cc1ccc(NS(=O)(=O)O)cc1)NC(=O)c1cccnc1. The minimum absolute atomic E-state index is 0.173. The van der Waals surface area contributed by atoms with Crippen LogP contribution >= 0.6 is 0 Å². The highest BCUT2D eigenvalue weighted by molar-refractivity contribution is 7.87. The summed E-state index contributed by atoms with van der Waals surface area (Å²) in [4.78, 5) is 28.2. The first-order valence-electron chi connectivity index (χ1n) is 7.55. The largest absolute Gasteiger partial charge is 0.357 e. The van der Waals surface area contributed by atoms with E-state index in [0.29, 0.717) is 11.1 Å². The third-order valence-corrected chi connectivity index (χ3v) is 3.93. The van der Waals surface area contributed by atoms with Crippen molar-refractivity contribution in [2.75, 3.05) is 11.8 Å². The van der Waals surface area contributed by atoms with E-state index < -0.39 is 22.3 Å².